The van der Waals surface area contributed by atoms with Crippen LogP contribution in [0, 0.1) is 0 Å². The third kappa shape index (κ3) is 3.72. The van der Waals surface area contributed by atoms with Crippen molar-refractivity contribution in [3.05, 3.63) is 66.2 Å². The van der Waals surface area contributed by atoms with Crippen LogP contribution in [0.2, 0.25) is 0 Å². The average Bonchev–Trinajstić information content (AvgIpc) is 2.74. The van der Waals surface area contributed by atoms with E-state index in [-0.39, 0.29) is 12.0 Å². The summed E-state index contributed by atoms with van der Waals surface area (Å²) in [6.45, 7) is 0.498. The average molecular weight is 362 g/mol. The van der Waals surface area contributed by atoms with Crippen LogP contribution >= 0.6 is 0 Å². The van der Waals surface area contributed by atoms with Crippen molar-refractivity contribution in [3.63, 3.8) is 0 Å². The molecule has 2 aromatic heterocycles. The van der Waals surface area contributed by atoms with Gasteiger partial charge in [0.25, 0.3) is 0 Å². The SMILES string of the molecule is COC(=O)c1ccc2c(c1)CC(Nc1ncc(-c3cccnc3)cn1)CO2. The Kier molecular flexibility index (Phi) is 4.65. The molecule has 7 nitrogen and oxygen atoms in total. The molecule has 0 radical (unpaired) electrons. The Bertz CT molecular complexity index is 945. The zero-order valence-corrected chi connectivity index (χ0v) is 14.8. The van der Waals surface area contributed by atoms with Crippen LogP contribution in [0.5, 0.6) is 5.75 Å². The highest BCUT2D eigenvalue weighted by Crippen LogP contribution is 2.27. The van der Waals surface area contributed by atoms with Crippen LogP contribution in [0.3, 0.4) is 0 Å². The maximum Gasteiger partial charge on any atom is 0.337 e. The van der Waals surface area contributed by atoms with Crippen LogP contribution in [0.1, 0.15) is 15.9 Å². The number of hydrogen-bond donors (Lipinski definition) is 1. The van der Waals surface area contributed by atoms with Crippen molar-refractivity contribution in [1.29, 1.82) is 0 Å². The number of anilines is 1. The van der Waals surface area contributed by atoms with Gasteiger partial charge in [-0.25, -0.2) is 14.8 Å². The first-order valence-corrected chi connectivity index (χ1v) is 8.56. The number of carbonyl (C=O) groups is 1. The Morgan fingerprint density at radius 1 is 1.19 bits per heavy atom. The van der Waals surface area contributed by atoms with Gasteiger partial charge in [0.15, 0.2) is 0 Å². The zero-order valence-electron chi connectivity index (χ0n) is 14.8. The number of nitrogens with zero attached hydrogens (tertiary/aromatic N) is 3. The van der Waals surface area contributed by atoms with E-state index in [1.54, 1.807) is 43.0 Å². The highest BCUT2D eigenvalue weighted by molar-refractivity contribution is 5.89. The molecule has 136 valence electrons. The van der Waals surface area contributed by atoms with Crippen molar-refractivity contribution in [2.24, 2.45) is 0 Å². The Labute approximate surface area is 156 Å². The van der Waals surface area contributed by atoms with Crippen molar-refractivity contribution in [2.45, 2.75) is 12.5 Å². The summed E-state index contributed by atoms with van der Waals surface area (Å²) < 4.78 is 10.6. The molecule has 0 amide bonds. The van der Waals surface area contributed by atoms with E-state index in [4.69, 9.17) is 9.47 Å². The van der Waals surface area contributed by atoms with Crippen molar-refractivity contribution in [1.82, 2.24) is 15.0 Å². The molecule has 0 saturated carbocycles. The molecule has 0 saturated heterocycles. The molecule has 1 aliphatic heterocycles. The molecule has 1 unspecified atom stereocenters. The minimum Gasteiger partial charge on any atom is -0.491 e. The van der Waals surface area contributed by atoms with Gasteiger partial charge in [0, 0.05) is 35.9 Å². The number of pyridine rings is 1. The fourth-order valence-corrected chi connectivity index (χ4v) is 3.00. The number of nitrogens with one attached hydrogen (secondary N) is 1. The monoisotopic (exact) mass is 362 g/mol. The van der Waals surface area contributed by atoms with Crippen LogP contribution in [0.25, 0.3) is 11.1 Å². The highest BCUT2D eigenvalue weighted by Gasteiger charge is 2.22. The van der Waals surface area contributed by atoms with Gasteiger partial charge >= 0.3 is 5.97 Å². The minimum atomic E-state index is -0.359. The normalized spacial score (nSPS) is 15.4. The Morgan fingerprint density at radius 3 is 2.78 bits per heavy atom. The summed E-state index contributed by atoms with van der Waals surface area (Å²) in [6, 6.07) is 9.16. The molecule has 0 bridgehead atoms. The molecule has 0 aliphatic carbocycles. The fraction of sp³-hybridized carbons (Fsp3) is 0.200. The Hall–Kier alpha value is -3.48. The topological polar surface area (TPSA) is 86.2 Å². The second-order valence-electron chi connectivity index (χ2n) is 6.21. The summed E-state index contributed by atoms with van der Waals surface area (Å²) in [5.74, 6) is 0.958. The van der Waals surface area contributed by atoms with E-state index < -0.39 is 0 Å². The van der Waals surface area contributed by atoms with Crippen LogP contribution in [0.4, 0.5) is 5.95 Å². The Balaban J connectivity index is 1.46. The van der Waals surface area contributed by atoms with Gasteiger partial charge in [-0.05, 0) is 36.2 Å². The molecule has 4 rings (SSSR count). The lowest BCUT2D eigenvalue weighted by Gasteiger charge is -2.26. The number of hydrogen-bond acceptors (Lipinski definition) is 7. The first-order chi connectivity index (χ1) is 13.2. The van der Waals surface area contributed by atoms with Gasteiger partial charge in [-0.1, -0.05) is 6.07 Å². The molecule has 0 fully saturated rings. The maximum absolute atomic E-state index is 11.7. The van der Waals surface area contributed by atoms with Gasteiger partial charge in [-0.15, -0.1) is 0 Å². The first-order valence-electron chi connectivity index (χ1n) is 8.56. The van der Waals surface area contributed by atoms with Crippen molar-refractivity contribution in [3.8, 4) is 16.9 Å². The number of ether oxygens (including phenoxy) is 2. The molecule has 0 spiro atoms. The lowest BCUT2D eigenvalue weighted by Crippen LogP contribution is -2.33. The third-order valence-electron chi connectivity index (χ3n) is 4.37. The molecular formula is C20H18N4O3. The Morgan fingerprint density at radius 2 is 2.04 bits per heavy atom. The molecule has 3 heterocycles. The lowest BCUT2D eigenvalue weighted by molar-refractivity contribution is 0.0600. The van der Waals surface area contributed by atoms with Crippen molar-refractivity contribution >= 4 is 11.9 Å². The van der Waals surface area contributed by atoms with Crippen LogP contribution < -0.4 is 10.1 Å². The minimum absolute atomic E-state index is 0.00892. The molecular weight excluding hydrogens is 344 g/mol. The van der Waals surface area contributed by atoms with E-state index in [0.29, 0.717) is 24.5 Å². The number of esters is 1. The molecule has 27 heavy (non-hydrogen) atoms. The third-order valence-corrected chi connectivity index (χ3v) is 4.37. The van der Waals surface area contributed by atoms with Crippen LogP contribution in [-0.2, 0) is 11.2 Å². The van der Waals surface area contributed by atoms with Crippen LogP contribution in [-0.4, -0.2) is 40.7 Å². The predicted octanol–water partition coefficient (Wildman–Crippen LogP) is 2.74. The molecule has 1 atom stereocenters. The van der Waals surface area contributed by atoms with Crippen LogP contribution in [0.15, 0.2) is 55.1 Å². The smallest absolute Gasteiger partial charge is 0.337 e. The number of rotatable bonds is 4. The zero-order chi connectivity index (χ0) is 18.6. The number of fused-ring (bicyclic) bond motifs is 1. The number of benzene rings is 1. The van der Waals surface area contributed by atoms with E-state index >= 15 is 0 Å². The van der Waals surface area contributed by atoms with E-state index in [9.17, 15) is 4.79 Å². The van der Waals surface area contributed by atoms with E-state index in [2.05, 4.69) is 20.3 Å². The van der Waals surface area contributed by atoms with Gasteiger partial charge in [0.2, 0.25) is 5.95 Å². The second kappa shape index (κ2) is 7.41. The van der Waals surface area contributed by atoms with Gasteiger partial charge in [-0.3, -0.25) is 4.98 Å². The first kappa shape index (κ1) is 17.0. The number of carbonyl (C=O) groups excluding carboxylic acids is 1. The summed E-state index contributed by atoms with van der Waals surface area (Å²) in [5, 5.41) is 3.28. The highest BCUT2D eigenvalue weighted by atomic mass is 16.5. The summed E-state index contributed by atoms with van der Waals surface area (Å²) in [4.78, 5) is 24.6. The maximum atomic E-state index is 11.7. The largest absolute Gasteiger partial charge is 0.491 e. The van der Waals surface area contributed by atoms with Gasteiger partial charge in [0.1, 0.15) is 12.4 Å². The summed E-state index contributed by atoms with van der Waals surface area (Å²) in [7, 11) is 1.37. The predicted molar refractivity (Wildman–Crippen MR) is 99.7 cm³/mol. The van der Waals surface area contributed by atoms with Crippen molar-refractivity contribution in [2.75, 3.05) is 19.0 Å². The molecule has 7 heteroatoms. The van der Waals surface area contributed by atoms with Gasteiger partial charge in [-0.2, -0.15) is 0 Å². The lowest BCUT2D eigenvalue weighted by atomic mass is 10.0. The molecule has 1 N–H and O–H groups in total. The summed E-state index contributed by atoms with van der Waals surface area (Å²) in [5.41, 5.74) is 3.34. The summed E-state index contributed by atoms with van der Waals surface area (Å²) in [6.07, 6.45) is 7.73. The van der Waals surface area contributed by atoms with Gasteiger partial charge in [0.05, 0.1) is 18.7 Å². The molecule has 1 aromatic carbocycles. The quantitative estimate of drug-likeness (QED) is 0.714. The number of aromatic nitrogens is 3. The van der Waals surface area contributed by atoms with E-state index in [1.807, 2.05) is 12.1 Å². The standard InChI is InChI=1S/C20H18N4O3/c1-26-19(25)13-4-5-18-15(7-13)8-17(12-27-18)24-20-22-10-16(11-23-20)14-3-2-6-21-9-14/h2-7,9-11,17H,8,12H2,1H3,(H,22,23,24). The number of methoxy groups -OCH3 is 1. The fourth-order valence-electron chi connectivity index (χ4n) is 3.00. The molecule has 3 aromatic rings. The van der Waals surface area contributed by atoms with Crippen molar-refractivity contribution < 1.29 is 14.3 Å². The summed E-state index contributed by atoms with van der Waals surface area (Å²) >= 11 is 0. The van der Waals surface area contributed by atoms with E-state index in [0.717, 1.165) is 22.4 Å². The molecule has 1 aliphatic rings. The van der Waals surface area contributed by atoms with E-state index in [1.165, 1.54) is 7.11 Å². The second-order valence-corrected chi connectivity index (χ2v) is 6.21. The van der Waals surface area contributed by atoms with Gasteiger partial charge < -0.3 is 14.8 Å².